The number of carbonyl (C=O) groups is 2. The van der Waals surface area contributed by atoms with Gasteiger partial charge in [0.1, 0.15) is 0 Å². The Morgan fingerprint density at radius 1 is 0.880 bits per heavy atom. The van der Waals surface area contributed by atoms with E-state index >= 15 is 0 Å². The first kappa shape index (κ1) is 23.9. The van der Waals surface area contributed by atoms with E-state index in [2.05, 4.69) is 20.8 Å². The van der Waals surface area contributed by atoms with Gasteiger partial charge in [0, 0.05) is 26.6 Å². The average Bonchev–Trinajstić information content (AvgIpc) is 2.60. The highest BCUT2D eigenvalue weighted by Gasteiger charge is 2.11. The van der Waals surface area contributed by atoms with Gasteiger partial charge >= 0.3 is 11.9 Å². The summed E-state index contributed by atoms with van der Waals surface area (Å²) in [7, 11) is 1.69. The van der Waals surface area contributed by atoms with Crippen LogP contribution in [0.25, 0.3) is 0 Å². The van der Waals surface area contributed by atoms with Crippen molar-refractivity contribution in [1.82, 2.24) is 0 Å². The number of hydrogen-bond acceptors (Lipinski definition) is 5. The van der Waals surface area contributed by atoms with Crippen LogP contribution >= 0.6 is 0 Å². The van der Waals surface area contributed by atoms with E-state index in [1.54, 1.807) is 7.11 Å². The molecule has 2 atom stereocenters. The minimum atomic E-state index is -0.235. The van der Waals surface area contributed by atoms with Gasteiger partial charge < -0.3 is 14.2 Å². The lowest BCUT2D eigenvalue weighted by Crippen LogP contribution is -2.14. The van der Waals surface area contributed by atoms with Crippen molar-refractivity contribution in [2.75, 3.05) is 26.9 Å². The summed E-state index contributed by atoms with van der Waals surface area (Å²) in [4.78, 5) is 23.4. The van der Waals surface area contributed by atoms with Crippen molar-refractivity contribution in [2.24, 2.45) is 11.8 Å². The SMILES string of the molecule is CCCCC(CC)COC(=O)CCCC(=O)OCCC(C)CCOC. The third kappa shape index (κ3) is 14.9. The van der Waals surface area contributed by atoms with Gasteiger partial charge in [0.15, 0.2) is 0 Å². The number of rotatable bonds is 16. The second kappa shape index (κ2) is 16.4. The van der Waals surface area contributed by atoms with Crippen molar-refractivity contribution in [2.45, 2.75) is 78.6 Å². The fraction of sp³-hybridized carbons (Fsp3) is 0.900. The number of ether oxygens (including phenoxy) is 3. The maximum atomic E-state index is 11.7. The highest BCUT2D eigenvalue weighted by Crippen LogP contribution is 2.13. The van der Waals surface area contributed by atoms with E-state index in [1.165, 1.54) is 6.42 Å². The van der Waals surface area contributed by atoms with Gasteiger partial charge in [0.25, 0.3) is 0 Å². The number of carbonyl (C=O) groups excluding carboxylic acids is 2. The van der Waals surface area contributed by atoms with Crippen LogP contribution in [0.5, 0.6) is 0 Å². The molecule has 148 valence electrons. The molecule has 0 N–H and O–H groups in total. The monoisotopic (exact) mass is 358 g/mol. The molecule has 2 unspecified atom stereocenters. The molecule has 0 aromatic carbocycles. The van der Waals surface area contributed by atoms with Gasteiger partial charge in [-0.25, -0.2) is 0 Å². The Hall–Kier alpha value is -1.10. The summed E-state index contributed by atoms with van der Waals surface area (Å²) in [5.74, 6) is 0.480. The smallest absolute Gasteiger partial charge is 0.305 e. The molecule has 0 radical (unpaired) electrons. The fourth-order valence-corrected chi connectivity index (χ4v) is 2.47. The molecule has 0 aliphatic rings. The summed E-state index contributed by atoms with van der Waals surface area (Å²) in [5.41, 5.74) is 0. The van der Waals surface area contributed by atoms with E-state index in [9.17, 15) is 9.59 Å². The zero-order chi connectivity index (χ0) is 18.9. The van der Waals surface area contributed by atoms with Crippen LogP contribution in [-0.4, -0.2) is 38.9 Å². The Kier molecular flexibility index (Phi) is 15.7. The lowest BCUT2D eigenvalue weighted by molar-refractivity contribution is -0.146. The summed E-state index contributed by atoms with van der Waals surface area (Å²) in [5, 5.41) is 0. The van der Waals surface area contributed by atoms with Crippen molar-refractivity contribution < 1.29 is 23.8 Å². The fourth-order valence-electron chi connectivity index (χ4n) is 2.47. The van der Waals surface area contributed by atoms with E-state index in [-0.39, 0.29) is 24.8 Å². The largest absolute Gasteiger partial charge is 0.466 e. The molecule has 0 bridgehead atoms. The quantitative estimate of drug-likeness (QED) is 0.380. The Morgan fingerprint density at radius 2 is 1.52 bits per heavy atom. The molecule has 0 heterocycles. The molecule has 0 fully saturated rings. The number of methoxy groups -OCH3 is 1. The van der Waals surface area contributed by atoms with E-state index in [0.717, 1.165) is 38.7 Å². The summed E-state index contributed by atoms with van der Waals surface area (Å²) in [6, 6.07) is 0. The van der Waals surface area contributed by atoms with Crippen LogP contribution in [0.15, 0.2) is 0 Å². The summed E-state index contributed by atoms with van der Waals surface area (Å²) in [6.45, 7) is 8.07. The van der Waals surface area contributed by atoms with Gasteiger partial charge in [-0.3, -0.25) is 9.59 Å². The molecule has 0 saturated heterocycles. The van der Waals surface area contributed by atoms with Crippen LogP contribution in [-0.2, 0) is 23.8 Å². The van der Waals surface area contributed by atoms with Gasteiger partial charge in [-0.15, -0.1) is 0 Å². The van der Waals surface area contributed by atoms with Gasteiger partial charge in [0.2, 0.25) is 0 Å². The highest BCUT2D eigenvalue weighted by molar-refractivity contribution is 5.72. The lowest BCUT2D eigenvalue weighted by atomic mass is 10.0. The van der Waals surface area contributed by atoms with Gasteiger partial charge in [-0.1, -0.05) is 40.0 Å². The maximum Gasteiger partial charge on any atom is 0.305 e. The molecule has 0 aromatic heterocycles. The van der Waals surface area contributed by atoms with E-state index < -0.39 is 0 Å². The van der Waals surface area contributed by atoms with E-state index in [1.807, 2.05) is 0 Å². The molecule has 0 rings (SSSR count). The minimum Gasteiger partial charge on any atom is -0.466 e. The van der Waals surface area contributed by atoms with Crippen LogP contribution in [0.3, 0.4) is 0 Å². The molecule has 0 aromatic rings. The third-order valence-electron chi connectivity index (χ3n) is 4.47. The van der Waals surface area contributed by atoms with Gasteiger partial charge in [-0.2, -0.15) is 0 Å². The topological polar surface area (TPSA) is 61.8 Å². The van der Waals surface area contributed by atoms with E-state index in [0.29, 0.717) is 31.5 Å². The minimum absolute atomic E-state index is 0.212. The van der Waals surface area contributed by atoms with Crippen LogP contribution < -0.4 is 0 Å². The predicted molar refractivity (Wildman–Crippen MR) is 99.3 cm³/mol. The zero-order valence-electron chi connectivity index (χ0n) is 16.7. The number of esters is 2. The first-order valence-corrected chi connectivity index (χ1v) is 9.83. The summed E-state index contributed by atoms with van der Waals surface area (Å²) >= 11 is 0. The van der Waals surface area contributed by atoms with Crippen molar-refractivity contribution in [3.63, 3.8) is 0 Å². The number of hydrogen-bond donors (Lipinski definition) is 0. The normalized spacial score (nSPS) is 13.3. The van der Waals surface area contributed by atoms with Crippen LogP contribution in [0.4, 0.5) is 0 Å². The molecule has 0 aliphatic heterocycles. The first-order valence-electron chi connectivity index (χ1n) is 9.83. The number of unbranched alkanes of at least 4 members (excludes halogenated alkanes) is 1. The molecule has 0 spiro atoms. The van der Waals surface area contributed by atoms with E-state index in [4.69, 9.17) is 14.2 Å². The summed E-state index contributed by atoms with van der Waals surface area (Å²) < 4.78 is 15.5. The van der Waals surface area contributed by atoms with Gasteiger partial charge in [-0.05, 0) is 37.5 Å². The van der Waals surface area contributed by atoms with Crippen molar-refractivity contribution >= 4 is 11.9 Å². The van der Waals surface area contributed by atoms with Gasteiger partial charge in [0.05, 0.1) is 13.2 Å². The zero-order valence-corrected chi connectivity index (χ0v) is 16.7. The van der Waals surface area contributed by atoms with Crippen LogP contribution in [0.1, 0.15) is 78.6 Å². The Bertz CT molecular complexity index is 343. The lowest BCUT2D eigenvalue weighted by Gasteiger charge is -2.14. The van der Waals surface area contributed by atoms with Crippen molar-refractivity contribution in [3.05, 3.63) is 0 Å². The molecule has 5 nitrogen and oxygen atoms in total. The highest BCUT2D eigenvalue weighted by atomic mass is 16.5. The molecule has 0 amide bonds. The predicted octanol–water partition coefficient (Wildman–Crippen LogP) is 4.52. The maximum absolute atomic E-state index is 11.7. The Labute approximate surface area is 153 Å². The standard InChI is InChI=1S/C20H38O5/c1-5-7-9-18(6-2)16-25-20(22)11-8-10-19(21)24-15-13-17(3)12-14-23-4/h17-18H,5-16H2,1-4H3. The second-order valence-electron chi connectivity index (χ2n) is 6.85. The van der Waals surface area contributed by atoms with Crippen LogP contribution in [0.2, 0.25) is 0 Å². The Morgan fingerprint density at radius 3 is 2.12 bits per heavy atom. The summed E-state index contributed by atoms with van der Waals surface area (Å²) in [6.07, 6.45) is 7.33. The molecule has 0 aliphatic carbocycles. The molecular weight excluding hydrogens is 320 g/mol. The molecular formula is C20H38O5. The second-order valence-corrected chi connectivity index (χ2v) is 6.85. The molecule has 25 heavy (non-hydrogen) atoms. The molecule has 0 saturated carbocycles. The van der Waals surface area contributed by atoms with Crippen molar-refractivity contribution in [3.8, 4) is 0 Å². The Balaban J connectivity index is 3.67. The third-order valence-corrected chi connectivity index (χ3v) is 4.47. The first-order chi connectivity index (χ1) is 12.0. The average molecular weight is 359 g/mol. The molecule has 5 heteroatoms. The van der Waals surface area contributed by atoms with Crippen LogP contribution in [0, 0.1) is 11.8 Å². The van der Waals surface area contributed by atoms with Crippen molar-refractivity contribution in [1.29, 1.82) is 0 Å².